The van der Waals surface area contributed by atoms with Crippen LogP contribution >= 0.6 is 0 Å². The van der Waals surface area contributed by atoms with Crippen molar-refractivity contribution in [3.63, 3.8) is 0 Å². The minimum absolute atomic E-state index is 0.300. The van der Waals surface area contributed by atoms with E-state index in [1.165, 1.54) is 0 Å². The second kappa shape index (κ2) is 6.68. The average Bonchev–Trinajstić information content (AvgIpc) is 3.05. The fraction of sp³-hybridized carbons (Fsp3) is 0.158. The van der Waals surface area contributed by atoms with Crippen LogP contribution in [0.4, 0.5) is 0 Å². The van der Waals surface area contributed by atoms with Gasteiger partial charge in [-0.25, -0.2) is 0 Å². The molecule has 5 heteroatoms. The Labute approximate surface area is 140 Å². The fourth-order valence-corrected chi connectivity index (χ4v) is 2.66. The molecule has 0 aliphatic heterocycles. The number of benzene rings is 2. The molecule has 0 radical (unpaired) electrons. The number of nitrogens with one attached hydrogen (secondary N) is 1. The van der Waals surface area contributed by atoms with Crippen molar-refractivity contribution in [3.8, 4) is 0 Å². The summed E-state index contributed by atoms with van der Waals surface area (Å²) in [4.78, 5) is 12.9. The quantitative estimate of drug-likeness (QED) is 0.755. The Kier molecular flexibility index (Phi) is 4.44. The third-order valence-electron chi connectivity index (χ3n) is 3.92. The standard InChI is InChI=1S/C19H19N3O2/c1-22-14-15(13-21-22)12-20-18(23)19(24,16-8-4-2-5-9-16)17-10-6-3-7-11-17/h2-11,13-14,24H,12H2,1H3,(H,20,23). The van der Waals surface area contributed by atoms with E-state index in [0.29, 0.717) is 17.7 Å². The molecule has 24 heavy (non-hydrogen) atoms. The molecular formula is C19H19N3O2. The predicted octanol–water partition coefficient (Wildman–Crippen LogP) is 1.97. The van der Waals surface area contributed by atoms with Gasteiger partial charge in [-0.05, 0) is 11.1 Å². The van der Waals surface area contributed by atoms with E-state index in [2.05, 4.69) is 10.4 Å². The van der Waals surface area contributed by atoms with Gasteiger partial charge in [-0.15, -0.1) is 0 Å². The van der Waals surface area contributed by atoms with Crippen LogP contribution in [0, 0.1) is 0 Å². The van der Waals surface area contributed by atoms with Crippen LogP contribution < -0.4 is 5.32 Å². The molecule has 1 amide bonds. The smallest absolute Gasteiger partial charge is 0.261 e. The summed E-state index contributed by atoms with van der Waals surface area (Å²) in [5.41, 5.74) is 0.180. The summed E-state index contributed by atoms with van der Waals surface area (Å²) in [5, 5.41) is 18.2. The van der Waals surface area contributed by atoms with Crippen LogP contribution in [-0.4, -0.2) is 20.8 Å². The molecule has 0 aliphatic carbocycles. The lowest BCUT2D eigenvalue weighted by atomic mass is 9.85. The van der Waals surface area contributed by atoms with Gasteiger partial charge in [-0.2, -0.15) is 5.10 Å². The molecule has 3 rings (SSSR count). The van der Waals surface area contributed by atoms with E-state index in [4.69, 9.17) is 0 Å². The van der Waals surface area contributed by atoms with Crippen LogP contribution in [0.1, 0.15) is 16.7 Å². The summed E-state index contributed by atoms with van der Waals surface area (Å²) in [5.74, 6) is -0.469. The number of carbonyl (C=O) groups excluding carboxylic acids is 1. The second-order valence-electron chi connectivity index (χ2n) is 5.65. The highest BCUT2D eigenvalue weighted by molar-refractivity contribution is 5.90. The van der Waals surface area contributed by atoms with Gasteiger partial charge in [0.1, 0.15) is 0 Å². The van der Waals surface area contributed by atoms with Crippen molar-refractivity contribution < 1.29 is 9.90 Å². The first kappa shape index (κ1) is 16.0. The normalized spacial score (nSPS) is 11.2. The molecule has 0 unspecified atom stereocenters. The van der Waals surface area contributed by atoms with Crippen molar-refractivity contribution in [2.24, 2.45) is 7.05 Å². The minimum Gasteiger partial charge on any atom is -0.372 e. The van der Waals surface area contributed by atoms with Gasteiger partial charge < -0.3 is 10.4 Å². The summed E-state index contributed by atoms with van der Waals surface area (Å²) < 4.78 is 1.67. The number of hydrogen-bond acceptors (Lipinski definition) is 3. The van der Waals surface area contributed by atoms with Crippen LogP contribution in [0.5, 0.6) is 0 Å². The Bertz CT molecular complexity index is 773. The zero-order chi connectivity index (χ0) is 17.0. The van der Waals surface area contributed by atoms with Crippen LogP contribution in [0.25, 0.3) is 0 Å². The van der Waals surface area contributed by atoms with Gasteiger partial charge in [-0.1, -0.05) is 60.7 Å². The molecule has 0 bridgehead atoms. The second-order valence-corrected chi connectivity index (χ2v) is 5.65. The van der Waals surface area contributed by atoms with Gasteiger partial charge >= 0.3 is 0 Å². The van der Waals surface area contributed by atoms with E-state index in [9.17, 15) is 9.90 Å². The van der Waals surface area contributed by atoms with E-state index in [1.807, 2.05) is 25.4 Å². The largest absolute Gasteiger partial charge is 0.372 e. The van der Waals surface area contributed by atoms with Crippen molar-refractivity contribution in [1.82, 2.24) is 15.1 Å². The SMILES string of the molecule is Cn1cc(CNC(=O)C(O)(c2ccccc2)c2ccccc2)cn1. The number of aliphatic hydroxyl groups is 1. The van der Waals surface area contributed by atoms with Crippen molar-refractivity contribution >= 4 is 5.91 Å². The Morgan fingerprint density at radius 2 is 1.62 bits per heavy atom. The van der Waals surface area contributed by atoms with Gasteiger partial charge in [0, 0.05) is 25.4 Å². The van der Waals surface area contributed by atoms with E-state index in [1.54, 1.807) is 59.4 Å². The van der Waals surface area contributed by atoms with Crippen LogP contribution in [0.15, 0.2) is 73.1 Å². The van der Waals surface area contributed by atoms with Gasteiger partial charge in [0.25, 0.3) is 5.91 Å². The Hall–Kier alpha value is -2.92. The summed E-state index contributed by atoms with van der Waals surface area (Å²) in [6, 6.07) is 17.9. The maximum atomic E-state index is 12.9. The molecule has 1 aromatic heterocycles. The highest BCUT2D eigenvalue weighted by Gasteiger charge is 2.39. The van der Waals surface area contributed by atoms with Crippen LogP contribution in [0.3, 0.4) is 0 Å². The summed E-state index contributed by atoms with van der Waals surface area (Å²) >= 11 is 0. The molecule has 0 saturated heterocycles. The molecule has 2 aromatic carbocycles. The number of aryl methyl sites for hydroxylation is 1. The number of aromatic nitrogens is 2. The molecule has 5 nitrogen and oxygen atoms in total. The van der Waals surface area contributed by atoms with Crippen LogP contribution in [0.2, 0.25) is 0 Å². The lowest BCUT2D eigenvalue weighted by Crippen LogP contribution is -2.45. The molecule has 0 atom stereocenters. The number of rotatable bonds is 5. The van der Waals surface area contributed by atoms with E-state index in [-0.39, 0.29) is 0 Å². The van der Waals surface area contributed by atoms with Gasteiger partial charge in [-0.3, -0.25) is 9.48 Å². The van der Waals surface area contributed by atoms with Crippen LogP contribution in [-0.2, 0) is 24.0 Å². The van der Waals surface area contributed by atoms with Gasteiger partial charge in [0.15, 0.2) is 5.60 Å². The highest BCUT2D eigenvalue weighted by atomic mass is 16.3. The first-order valence-electron chi connectivity index (χ1n) is 7.70. The molecule has 0 fully saturated rings. The fourth-order valence-electron chi connectivity index (χ4n) is 2.66. The maximum absolute atomic E-state index is 12.9. The first-order chi connectivity index (χ1) is 11.6. The van der Waals surface area contributed by atoms with Gasteiger partial charge in [0.2, 0.25) is 0 Å². The van der Waals surface area contributed by atoms with Crippen molar-refractivity contribution in [2.75, 3.05) is 0 Å². The lowest BCUT2D eigenvalue weighted by Gasteiger charge is -2.28. The molecule has 0 spiro atoms. The van der Waals surface area contributed by atoms with E-state index >= 15 is 0 Å². The summed E-state index contributed by atoms with van der Waals surface area (Å²) in [7, 11) is 1.82. The van der Waals surface area contributed by atoms with E-state index in [0.717, 1.165) is 5.56 Å². The Balaban J connectivity index is 1.91. The van der Waals surface area contributed by atoms with Crippen molar-refractivity contribution in [3.05, 3.63) is 89.7 Å². The third kappa shape index (κ3) is 3.07. The monoisotopic (exact) mass is 321 g/mol. The number of nitrogens with zero attached hydrogens (tertiary/aromatic N) is 2. The first-order valence-corrected chi connectivity index (χ1v) is 7.70. The highest BCUT2D eigenvalue weighted by Crippen LogP contribution is 2.29. The number of carbonyl (C=O) groups is 1. The molecule has 1 heterocycles. The zero-order valence-electron chi connectivity index (χ0n) is 13.4. The average molecular weight is 321 g/mol. The molecule has 122 valence electrons. The molecule has 0 aliphatic rings. The third-order valence-corrected chi connectivity index (χ3v) is 3.92. The minimum atomic E-state index is -1.75. The molecular weight excluding hydrogens is 302 g/mol. The topological polar surface area (TPSA) is 67.2 Å². The molecule has 0 saturated carbocycles. The molecule has 2 N–H and O–H groups in total. The Morgan fingerprint density at radius 3 is 2.08 bits per heavy atom. The number of amides is 1. The predicted molar refractivity (Wildman–Crippen MR) is 90.9 cm³/mol. The lowest BCUT2D eigenvalue weighted by molar-refractivity contribution is -0.136. The maximum Gasteiger partial charge on any atom is 0.261 e. The molecule has 3 aromatic rings. The van der Waals surface area contributed by atoms with Crippen molar-refractivity contribution in [2.45, 2.75) is 12.1 Å². The zero-order valence-corrected chi connectivity index (χ0v) is 13.4. The van der Waals surface area contributed by atoms with Crippen molar-refractivity contribution in [1.29, 1.82) is 0 Å². The summed E-state index contributed by atoms with van der Waals surface area (Å²) in [6.45, 7) is 0.300. The summed E-state index contributed by atoms with van der Waals surface area (Å²) in [6.07, 6.45) is 3.51. The van der Waals surface area contributed by atoms with E-state index < -0.39 is 11.5 Å². The van der Waals surface area contributed by atoms with Gasteiger partial charge in [0.05, 0.1) is 6.20 Å². The number of hydrogen-bond donors (Lipinski definition) is 2. The Morgan fingerprint density at radius 1 is 1.08 bits per heavy atom.